The highest BCUT2D eigenvalue weighted by atomic mass is 32.2. The van der Waals surface area contributed by atoms with Crippen molar-refractivity contribution in [3.8, 4) is 6.07 Å². The predicted molar refractivity (Wildman–Crippen MR) is 127 cm³/mol. The molecule has 0 atom stereocenters. The molecule has 0 aliphatic carbocycles. The zero-order chi connectivity index (χ0) is 23.8. The second kappa shape index (κ2) is 10.8. The van der Waals surface area contributed by atoms with Gasteiger partial charge in [-0.2, -0.15) is 19.8 Å². The number of hydrogen-bond acceptors (Lipinski definition) is 7. The van der Waals surface area contributed by atoms with Crippen LogP contribution in [0.3, 0.4) is 0 Å². The number of carbonyl (C=O) groups is 1. The SMILES string of the molecule is C/C(=N\NC(=O)/C(C#N)=N/Nc1ccc(C)cc1)c1ccc(S(=O)(=O)N2CCCCC2)cc1. The van der Waals surface area contributed by atoms with Crippen LogP contribution in [-0.4, -0.2) is 43.1 Å². The van der Waals surface area contributed by atoms with Crippen LogP contribution in [0.15, 0.2) is 63.6 Å². The predicted octanol–water partition coefficient (Wildman–Crippen LogP) is 3.00. The number of nitriles is 1. The summed E-state index contributed by atoms with van der Waals surface area (Å²) in [5.41, 5.74) is 7.40. The number of hydrogen-bond donors (Lipinski definition) is 2. The first kappa shape index (κ1) is 24.1. The summed E-state index contributed by atoms with van der Waals surface area (Å²) in [5.74, 6) is -0.763. The Morgan fingerprint density at radius 3 is 2.24 bits per heavy atom. The summed E-state index contributed by atoms with van der Waals surface area (Å²) in [7, 11) is -3.51. The molecule has 10 heteroatoms. The molecular weight excluding hydrogens is 440 g/mol. The van der Waals surface area contributed by atoms with E-state index in [1.165, 1.54) is 16.4 Å². The molecule has 33 heavy (non-hydrogen) atoms. The largest absolute Gasteiger partial charge is 0.302 e. The van der Waals surface area contributed by atoms with Crippen LogP contribution in [0, 0.1) is 18.3 Å². The van der Waals surface area contributed by atoms with Crippen molar-refractivity contribution >= 4 is 33.0 Å². The Hall–Kier alpha value is -3.55. The summed E-state index contributed by atoms with van der Waals surface area (Å²) in [6.07, 6.45) is 2.79. The maximum Gasteiger partial charge on any atom is 0.302 e. The van der Waals surface area contributed by atoms with E-state index < -0.39 is 15.9 Å². The molecule has 0 unspecified atom stereocenters. The summed E-state index contributed by atoms with van der Waals surface area (Å²) >= 11 is 0. The number of nitrogens with zero attached hydrogens (tertiary/aromatic N) is 4. The lowest BCUT2D eigenvalue weighted by atomic mass is 10.1. The number of rotatable bonds is 7. The van der Waals surface area contributed by atoms with Crippen LogP contribution < -0.4 is 10.9 Å². The van der Waals surface area contributed by atoms with E-state index in [1.54, 1.807) is 37.3 Å². The van der Waals surface area contributed by atoms with Crippen molar-refractivity contribution in [3.63, 3.8) is 0 Å². The topological polar surface area (TPSA) is 127 Å². The Bertz CT molecular complexity index is 1190. The van der Waals surface area contributed by atoms with Crippen LogP contribution in [0.25, 0.3) is 0 Å². The summed E-state index contributed by atoms with van der Waals surface area (Å²) in [5, 5.41) is 17.1. The van der Waals surface area contributed by atoms with Crippen molar-refractivity contribution in [2.75, 3.05) is 18.5 Å². The van der Waals surface area contributed by atoms with Gasteiger partial charge in [-0.25, -0.2) is 13.8 Å². The summed E-state index contributed by atoms with van der Waals surface area (Å²) < 4.78 is 27.0. The monoisotopic (exact) mass is 466 g/mol. The molecule has 1 heterocycles. The number of anilines is 1. The Kier molecular flexibility index (Phi) is 7.92. The second-order valence-electron chi connectivity index (χ2n) is 7.68. The van der Waals surface area contributed by atoms with Gasteiger partial charge in [-0.1, -0.05) is 36.2 Å². The van der Waals surface area contributed by atoms with Crippen molar-refractivity contribution in [1.82, 2.24) is 9.73 Å². The van der Waals surface area contributed by atoms with Crippen LogP contribution in [-0.2, 0) is 14.8 Å². The van der Waals surface area contributed by atoms with Crippen molar-refractivity contribution in [2.24, 2.45) is 10.2 Å². The van der Waals surface area contributed by atoms with Crippen LogP contribution in [0.5, 0.6) is 0 Å². The lowest BCUT2D eigenvalue weighted by molar-refractivity contribution is -0.114. The molecule has 9 nitrogen and oxygen atoms in total. The Morgan fingerprint density at radius 1 is 1.00 bits per heavy atom. The molecule has 1 aliphatic rings. The Labute approximate surface area is 193 Å². The van der Waals surface area contributed by atoms with Gasteiger partial charge in [0.15, 0.2) is 0 Å². The summed E-state index contributed by atoms with van der Waals surface area (Å²) in [6.45, 7) is 4.70. The molecule has 0 saturated carbocycles. The van der Waals surface area contributed by atoms with Gasteiger partial charge in [-0.05, 0) is 56.5 Å². The van der Waals surface area contributed by atoms with Crippen molar-refractivity contribution < 1.29 is 13.2 Å². The molecule has 1 aliphatic heterocycles. The van der Waals surface area contributed by atoms with E-state index in [0.29, 0.717) is 30.1 Å². The molecule has 2 N–H and O–H groups in total. The molecular formula is C23H26N6O3S. The van der Waals surface area contributed by atoms with Gasteiger partial charge in [0.2, 0.25) is 15.7 Å². The number of sulfonamides is 1. The average Bonchev–Trinajstić information content (AvgIpc) is 2.84. The first-order valence-corrected chi connectivity index (χ1v) is 12.0. The minimum Gasteiger partial charge on any atom is -0.277 e. The number of hydrazone groups is 2. The van der Waals surface area contributed by atoms with Gasteiger partial charge in [0.05, 0.1) is 16.3 Å². The highest BCUT2D eigenvalue weighted by molar-refractivity contribution is 7.89. The van der Waals surface area contributed by atoms with Crippen LogP contribution >= 0.6 is 0 Å². The maximum atomic E-state index is 12.8. The Morgan fingerprint density at radius 2 is 1.64 bits per heavy atom. The van der Waals surface area contributed by atoms with Gasteiger partial charge >= 0.3 is 5.91 Å². The number of benzene rings is 2. The zero-order valence-corrected chi connectivity index (χ0v) is 19.4. The normalized spacial score (nSPS) is 15.5. The number of aryl methyl sites for hydroxylation is 1. The number of carbonyl (C=O) groups excluding carboxylic acids is 1. The first-order valence-electron chi connectivity index (χ1n) is 10.6. The van der Waals surface area contributed by atoms with Gasteiger partial charge in [0.1, 0.15) is 6.07 Å². The summed E-state index contributed by atoms with van der Waals surface area (Å²) in [4.78, 5) is 12.5. The second-order valence-corrected chi connectivity index (χ2v) is 9.62. The van der Waals surface area contributed by atoms with E-state index >= 15 is 0 Å². The van der Waals surface area contributed by atoms with E-state index in [2.05, 4.69) is 21.1 Å². The van der Waals surface area contributed by atoms with Gasteiger partial charge < -0.3 is 0 Å². The lowest BCUT2D eigenvalue weighted by Crippen LogP contribution is -2.35. The minimum atomic E-state index is -3.51. The molecule has 0 aromatic heterocycles. The van der Waals surface area contributed by atoms with Crippen molar-refractivity contribution in [2.45, 2.75) is 38.0 Å². The van der Waals surface area contributed by atoms with Gasteiger partial charge in [-0.3, -0.25) is 10.2 Å². The van der Waals surface area contributed by atoms with Crippen molar-refractivity contribution in [1.29, 1.82) is 5.26 Å². The third kappa shape index (κ3) is 6.25. The summed E-state index contributed by atoms with van der Waals surface area (Å²) in [6, 6.07) is 15.4. The molecule has 2 aromatic rings. The molecule has 0 spiro atoms. The fourth-order valence-corrected chi connectivity index (χ4v) is 4.77. The van der Waals surface area contributed by atoms with Gasteiger partial charge in [0, 0.05) is 13.1 Å². The highest BCUT2D eigenvalue weighted by Crippen LogP contribution is 2.21. The van der Waals surface area contributed by atoms with E-state index in [1.807, 2.05) is 19.1 Å². The number of piperidine rings is 1. The molecule has 0 radical (unpaired) electrons. The van der Waals surface area contributed by atoms with E-state index in [-0.39, 0.29) is 10.6 Å². The first-order chi connectivity index (χ1) is 15.8. The maximum absolute atomic E-state index is 12.8. The fourth-order valence-electron chi connectivity index (χ4n) is 3.25. The van der Waals surface area contributed by atoms with Gasteiger partial charge in [0.25, 0.3) is 0 Å². The van der Waals surface area contributed by atoms with Gasteiger partial charge in [-0.15, -0.1) is 0 Å². The molecule has 172 valence electrons. The Balaban J connectivity index is 1.64. The molecule has 3 rings (SSSR count). The minimum absolute atomic E-state index is 0.228. The molecule has 0 bridgehead atoms. The fraction of sp³-hybridized carbons (Fsp3) is 0.304. The quantitative estimate of drug-likeness (QED) is 0.479. The van der Waals surface area contributed by atoms with E-state index in [0.717, 1.165) is 24.8 Å². The third-order valence-corrected chi connectivity index (χ3v) is 7.13. The molecule has 1 fully saturated rings. The number of amides is 1. The van der Waals surface area contributed by atoms with E-state index in [9.17, 15) is 18.5 Å². The highest BCUT2D eigenvalue weighted by Gasteiger charge is 2.25. The lowest BCUT2D eigenvalue weighted by Gasteiger charge is -2.25. The zero-order valence-electron chi connectivity index (χ0n) is 18.6. The third-order valence-electron chi connectivity index (χ3n) is 5.22. The molecule has 1 amide bonds. The molecule has 2 aromatic carbocycles. The molecule has 1 saturated heterocycles. The van der Waals surface area contributed by atoms with Crippen LogP contribution in [0.4, 0.5) is 5.69 Å². The van der Waals surface area contributed by atoms with E-state index in [4.69, 9.17) is 0 Å². The smallest absolute Gasteiger partial charge is 0.277 e. The van der Waals surface area contributed by atoms with Crippen LogP contribution in [0.1, 0.15) is 37.3 Å². The average molecular weight is 467 g/mol. The standard InChI is InChI=1S/C23H26N6O3S/c1-17-6-10-20(11-7-17)26-27-22(16-24)23(30)28-25-18(2)19-8-12-21(13-9-19)33(31,32)29-14-4-3-5-15-29/h6-13,26H,3-5,14-15H2,1-2H3,(H,28,30)/b25-18+,27-22+. The van der Waals surface area contributed by atoms with Crippen molar-refractivity contribution in [3.05, 3.63) is 59.7 Å². The van der Waals surface area contributed by atoms with Crippen LogP contribution in [0.2, 0.25) is 0 Å². The number of nitrogens with one attached hydrogen (secondary N) is 2.